The average Bonchev–Trinajstić information content (AvgIpc) is 2.53. The molecule has 7 nitrogen and oxygen atoms in total. The maximum absolute atomic E-state index is 12.1. The van der Waals surface area contributed by atoms with Gasteiger partial charge in [0, 0.05) is 23.9 Å². The van der Waals surface area contributed by atoms with E-state index in [1.54, 1.807) is 41.4 Å². The molecule has 0 bridgehead atoms. The van der Waals surface area contributed by atoms with Crippen molar-refractivity contribution in [1.82, 2.24) is 15.2 Å². The summed E-state index contributed by atoms with van der Waals surface area (Å²) in [6, 6.07) is 8.95. The van der Waals surface area contributed by atoms with Crippen molar-refractivity contribution in [2.24, 2.45) is 0 Å². The summed E-state index contributed by atoms with van der Waals surface area (Å²) >= 11 is 0. The number of nitrogens with one attached hydrogen (secondary N) is 2. The smallest absolute Gasteiger partial charge is 0.266 e. The van der Waals surface area contributed by atoms with E-state index in [0.29, 0.717) is 17.7 Å². The van der Waals surface area contributed by atoms with Gasteiger partial charge in [-0.1, -0.05) is 36.4 Å². The summed E-state index contributed by atoms with van der Waals surface area (Å²) in [5.74, 6) is -0.573. The minimum absolute atomic E-state index is 0.0182. The number of ketones is 1. The molecule has 1 aromatic rings. The zero-order chi connectivity index (χ0) is 16.9. The van der Waals surface area contributed by atoms with Crippen LogP contribution in [0.15, 0.2) is 54.3 Å². The van der Waals surface area contributed by atoms with Gasteiger partial charge in [0.05, 0.1) is 12.8 Å². The molecule has 1 heterocycles. The topological polar surface area (TPSA) is 95.6 Å². The molecule has 8 heteroatoms. The molecule has 122 valence electrons. The number of Topliss-reactive ketones (excluding diaryl/α,β-unsaturated/α-hetero) is 1. The second kappa shape index (κ2) is 7.21. The van der Waals surface area contributed by atoms with Crippen molar-refractivity contribution < 1.29 is 18.0 Å². The minimum atomic E-state index is -3.50. The highest BCUT2D eigenvalue weighted by molar-refractivity contribution is 7.88. The number of benzene rings is 1. The Hall–Kier alpha value is -2.45. The highest BCUT2D eigenvalue weighted by Crippen LogP contribution is 2.09. The Morgan fingerprint density at radius 1 is 1.22 bits per heavy atom. The van der Waals surface area contributed by atoms with Crippen molar-refractivity contribution in [2.45, 2.75) is 0 Å². The fourth-order valence-corrected chi connectivity index (χ4v) is 2.20. The van der Waals surface area contributed by atoms with Gasteiger partial charge in [-0.25, -0.2) is 8.42 Å². The van der Waals surface area contributed by atoms with Gasteiger partial charge in [-0.05, 0) is 6.08 Å². The average molecular weight is 335 g/mol. The first-order valence-corrected chi connectivity index (χ1v) is 8.72. The summed E-state index contributed by atoms with van der Waals surface area (Å²) in [6.07, 6.45) is 5.73. The lowest BCUT2D eigenvalue weighted by atomic mass is 10.1. The van der Waals surface area contributed by atoms with Crippen molar-refractivity contribution in [3.63, 3.8) is 0 Å². The van der Waals surface area contributed by atoms with E-state index in [0.717, 1.165) is 6.26 Å². The largest absolute Gasteiger partial charge is 0.366 e. The summed E-state index contributed by atoms with van der Waals surface area (Å²) < 4.78 is 21.8. The minimum Gasteiger partial charge on any atom is -0.366 e. The van der Waals surface area contributed by atoms with E-state index in [1.165, 1.54) is 6.08 Å². The molecule has 2 N–H and O–H groups in total. The van der Waals surface area contributed by atoms with Crippen LogP contribution in [0.25, 0.3) is 0 Å². The molecule has 0 atom stereocenters. The molecule has 0 saturated carbocycles. The van der Waals surface area contributed by atoms with Crippen LogP contribution in [0.4, 0.5) is 0 Å². The molecule has 1 aliphatic heterocycles. The number of hydrazine groups is 1. The highest BCUT2D eigenvalue weighted by Gasteiger charge is 2.15. The van der Waals surface area contributed by atoms with Gasteiger partial charge < -0.3 is 4.90 Å². The van der Waals surface area contributed by atoms with Gasteiger partial charge in [-0.3, -0.25) is 15.0 Å². The molecule has 0 spiro atoms. The van der Waals surface area contributed by atoms with Crippen LogP contribution in [0.5, 0.6) is 0 Å². The number of sulfonamides is 1. The van der Waals surface area contributed by atoms with Crippen molar-refractivity contribution in [2.75, 3.05) is 19.3 Å². The van der Waals surface area contributed by atoms with E-state index in [9.17, 15) is 18.0 Å². The normalized spacial score (nSPS) is 14.3. The predicted octanol–water partition coefficient (Wildman–Crippen LogP) is 0.205. The third kappa shape index (κ3) is 5.35. The van der Waals surface area contributed by atoms with E-state index < -0.39 is 15.9 Å². The third-order valence-electron chi connectivity index (χ3n) is 3.07. The maximum atomic E-state index is 12.1. The van der Waals surface area contributed by atoms with E-state index in [1.807, 2.05) is 10.9 Å². The van der Waals surface area contributed by atoms with Crippen molar-refractivity contribution in [3.8, 4) is 0 Å². The van der Waals surface area contributed by atoms with Crippen LogP contribution in [0.1, 0.15) is 10.4 Å². The Morgan fingerprint density at radius 2 is 1.91 bits per heavy atom. The molecule has 0 aliphatic carbocycles. The Kier molecular flexibility index (Phi) is 5.30. The number of rotatable bonds is 6. The summed E-state index contributed by atoms with van der Waals surface area (Å²) in [5.41, 5.74) is 3.05. The molecule has 2 rings (SSSR count). The summed E-state index contributed by atoms with van der Waals surface area (Å²) in [4.78, 5) is 27.5. The molecule has 1 aliphatic rings. The maximum Gasteiger partial charge on any atom is 0.266 e. The van der Waals surface area contributed by atoms with E-state index >= 15 is 0 Å². The molecule has 1 amide bonds. The first-order chi connectivity index (χ1) is 10.8. The van der Waals surface area contributed by atoms with E-state index in [4.69, 9.17) is 0 Å². The standard InChI is InChI=1S/C15H17N3O4S/c1-23(21,22)17-16-15(20)13-7-9-18(10-8-13)11-14(19)12-5-3-2-4-6-12/h2-9,17H,10-11H2,1H3,(H,16,20). The van der Waals surface area contributed by atoms with Crippen LogP contribution >= 0.6 is 0 Å². The van der Waals surface area contributed by atoms with Gasteiger partial charge in [-0.2, -0.15) is 0 Å². The molecule has 0 fully saturated rings. The van der Waals surface area contributed by atoms with Gasteiger partial charge >= 0.3 is 0 Å². The van der Waals surface area contributed by atoms with Crippen LogP contribution in [0, 0.1) is 0 Å². The molecule has 23 heavy (non-hydrogen) atoms. The van der Waals surface area contributed by atoms with Crippen molar-refractivity contribution in [3.05, 3.63) is 59.8 Å². The lowest BCUT2D eigenvalue weighted by molar-refractivity contribution is -0.117. The van der Waals surface area contributed by atoms with Gasteiger partial charge in [-0.15, -0.1) is 4.83 Å². The molecular weight excluding hydrogens is 318 g/mol. The lowest BCUT2D eigenvalue weighted by Crippen LogP contribution is -2.42. The third-order valence-corrected chi connectivity index (χ3v) is 3.54. The molecule has 0 aromatic heterocycles. The van der Waals surface area contributed by atoms with Gasteiger partial charge in [0.2, 0.25) is 10.0 Å². The van der Waals surface area contributed by atoms with Crippen LogP contribution in [0.2, 0.25) is 0 Å². The lowest BCUT2D eigenvalue weighted by Gasteiger charge is -2.21. The second-order valence-corrected chi connectivity index (χ2v) is 6.77. The van der Waals surface area contributed by atoms with Gasteiger partial charge in [0.15, 0.2) is 5.78 Å². The van der Waals surface area contributed by atoms with Crippen molar-refractivity contribution >= 4 is 21.7 Å². The molecule has 0 unspecified atom stereocenters. The molecule has 0 saturated heterocycles. The Bertz CT molecular complexity index is 754. The summed E-state index contributed by atoms with van der Waals surface area (Å²) in [5, 5.41) is 0. The Morgan fingerprint density at radius 3 is 2.48 bits per heavy atom. The van der Waals surface area contributed by atoms with Crippen LogP contribution in [-0.4, -0.2) is 44.4 Å². The van der Waals surface area contributed by atoms with E-state index in [2.05, 4.69) is 5.43 Å². The molecule has 0 radical (unpaired) electrons. The first kappa shape index (κ1) is 16.9. The highest BCUT2D eigenvalue weighted by atomic mass is 32.2. The molecular formula is C15H17N3O4S. The van der Waals surface area contributed by atoms with Gasteiger partial charge in [0.1, 0.15) is 0 Å². The summed E-state index contributed by atoms with van der Waals surface area (Å²) in [7, 11) is -3.50. The number of carbonyl (C=O) groups excluding carboxylic acids is 2. The van der Waals surface area contributed by atoms with E-state index in [-0.39, 0.29) is 12.3 Å². The second-order valence-electron chi connectivity index (χ2n) is 5.02. The number of amides is 1. The number of hydrogen-bond acceptors (Lipinski definition) is 5. The SMILES string of the molecule is CS(=O)(=O)NNC(=O)C1=CCN(CC(=O)c2ccccc2)C=C1. The number of carbonyl (C=O) groups is 2. The fraction of sp³-hybridized carbons (Fsp3) is 0.200. The predicted molar refractivity (Wildman–Crippen MR) is 85.7 cm³/mol. The zero-order valence-electron chi connectivity index (χ0n) is 12.5. The number of hydrogen-bond donors (Lipinski definition) is 2. The zero-order valence-corrected chi connectivity index (χ0v) is 13.3. The Labute approximate surface area is 134 Å². The van der Waals surface area contributed by atoms with Crippen molar-refractivity contribution in [1.29, 1.82) is 0 Å². The quantitative estimate of drug-likeness (QED) is 0.572. The van der Waals surface area contributed by atoms with Gasteiger partial charge in [0.25, 0.3) is 5.91 Å². The van der Waals surface area contributed by atoms with Crippen LogP contribution in [0.3, 0.4) is 0 Å². The molecule has 1 aromatic carbocycles. The Balaban J connectivity index is 1.88. The van der Waals surface area contributed by atoms with Crippen LogP contribution < -0.4 is 10.3 Å². The summed E-state index contributed by atoms with van der Waals surface area (Å²) in [6.45, 7) is 0.588. The first-order valence-electron chi connectivity index (χ1n) is 6.83. The van der Waals surface area contributed by atoms with Crippen LogP contribution in [-0.2, 0) is 14.8 Å². The monoisotopic (exact) mass is 335 g/mol. The fourth-order valence-electron chi connectivity index (χ4n) is 1.93. The number of nitrogens with zero attached hydrogens (tertiary/aromatic N) is 1.